The molecule has 1 atom stereocenters. The predicted molar refractivity (Wildman–Crippen MR) is 119 cm³/mol. The van der Waals surface area contributed by atoms with Crippen LogP contribution in [-0.4, -0.2) is 33.8 Å². The summed E-state index contributed by atoms with van der Waals surface area (Å²) in [7, 11) is 0. The number of fused-ring (bicyclic) bond motifs is 1. The molecule has 0 fully saturated rings. The summed E-state index contributed by atoms with van der Waals surface area (Å²) in [6.07, 6.45) is 7.69. The molecule has 6 heteroatoms. The van der Waals surface area contributed by atoms with Gasteiger partial charge in [-0.05, 0) is 56.2 Å². The molecule has 0 amide bonds. The van der Waals surface area contributed by atoms with Gasteiger partial charge in [0.1, 0.15) is 12.2 Å². The fourth-order valence-corrected chi connectivity index (χ4v) is 3.71. The third-order valence-electron chi connectivity index (χ3n) is 5.39. The molecule has 1 aliphatic rings. The molecule has 0 bridgehead atoms. The Morgan fingerprint density at radius 1 is 1.28 bits per heavy atom. The lowest BCUT2D eigenvalue weighted by Gasteiger charge is -2.22. The Morgan fingerprint density at radius 2 is 2.07 bits per heavy atom. The quantitative estimate of drug-likeness (QED) is 0.408. The summed E-state index contributed by atoms with van der Waals surface area (Å²) in [4.78, 5) is 4.69. The summed E-state index contributed by atoms with van der Waals surface area (Å²) < 4.78 is 2.08. The lowest BCUT2D eigenvalue weighted by atomic mass is 9.89. The molecular formula is C23H34N6. The second kappa shape index (κ2) is 10.2. The van der Waals surface area contributed by atoms with E-state index in [2.05, 4.69) is 64.0 Å². The van der Waals surface area contributed by atoms with Crippen LogP contribution in [0.1, 0.15) is 62.2 Å². The molecule has 2 aromatic rings. The molecule has 3 rings (SSSR count). The molecule has 1 aliphatic carbocycles. The van der Waals surface area contributed by atoms with Gasteiger partial charge in [0.15, 0.2) is 5.96 Å². The van der Waals surface area contributed by atoms with Gasteiger partial charge < -0.3 is 15.2 Å². The van der Waals surface area contributed by atoms with Crippen molar-refractivity contribution >= 4 is 5.96 Å². The van der Waals surface area contributed by atoms with Gasteiger partial charge in [-0.2, -0.15) is 0 Å². The Hall–Kier alpha value is -2.63. The number of nitrogens with zero attached hydrogens (tertiary/aromatic N) is 4. The largest absolute Gasteiger partial charge is 0.355 e. The van der Waals surface area contributed by atoms with Crippen LogP contribution in [0.25, 0.3) is 0 Å². The molecule has 1 aromatic heterocycles. The van der Waals surface area contributed by atoms with Crippen molar-refractivity contribution in [3.63, 3.8) is 0 Å². The van der Waals surface area contributed by atoms with E-state index in [1.165, 1.54) is 42.4 Å². The summed E-state index contributed by atoms with van der Waals surface area (Å²) in [6, 6.07) is 7.11. The fraction of sp³-hybridized carbons (Fsp3) is 0.522. The van der Waals surface area contributed by atoms with E-state index in [0.717, 1.165) is 36.9 Å². The second-order valence-corrected chi connectivity index (χ2v) is 7.94. The average molecular weight is 395 g/mol. The van der Waals surface area contributed by atoms with Crippen LogP contribution in [0.3, 0.4) is 0 Å². The van der Waals surface area contributed by atoms with Gasteiger partial charge in [0.05, 0.1) is 12.6 Å². The van der Waals surface area contributed by atoms with E-state index >= 15 is 0 Å². The van der Waals surface area contributed by atoms with Crippen molar-refractivity contribution in [2.75, 3.05) is 13.1 Å². The van der Waals surface area contributed by atoms with E-state index in [4.69, 9.17) is 4.99 Å². The second-order valence-electron chi connectivity index (χ2n) is 7.94. The van der Waals surface area contributed by atoms with Crippen molar-refractivity contribution in [3.8, 4) is 0 Å². The van der Waals surface area contributed by atoms with Crippen LogP contribution in [-0.2, 0) is 25.8 Å². The first-order valence-corrected chi connectivity index (χ1v) is 10.7. The minimum absolute atomic E-state index is 0.180. The number of aliphatic imine (C=N–C) groups is 1. The Balaban J connectivity index is 1.63. The Labute approximate surface area is 174 Å². The van der Waals surface area contributed by atoms with Gasteiger partial charge >= 0.3 is 0 Å². The van der Waals surface area contributed by atoms with Crippen LogP contribution in [0.2, 0.25) is 0 Å². The molecule has 156 valence electrons. The lowest BCUT2D eigenvalue weighted by Crippen LogP contribution is -2.40. The molecule has 1 aromatic carbocycles. The van der Waals surface area contributed by atoms with Gasteiger partial charge in [0.25, 0.3) is 0 Å². The molecule has 0 saturated carbocycles. The number of guanidine groups is 1. The normalized spacial score (nSPS) is 14.9. The van der Waals surface area contributed by atoms with Crippen LogP contribution in [0, 0.1) is 0 Å². The third-order valence-corrected chi connectivity index (χ3v) is 5.39. The molecule has 0 spiro atoms. The Kier molecular flexibility index (Phi) is 7.44. The van der Waals surface area contributed by atoms with Crippen molar-refractivity contribution in [1.29, 1.82) is 0 Å². The van der Waals surface area contributed by atoms with Gasteiger partial charge in [0, 0.05) is 19.5 Å². The van der Waals surface area contributed by atoms with Gasteiger partial charge in [-0.1, -0.05) is 37.3 Å². The molecule has 1 heterocycles. The molecule has 6 nitrogen and oxygen atoms in total. The van der Waals surface area contributed by atoms with Gasteiger partial charge in [0.2, 0.25) is 0 Å². The standard InChI is InChI=1S/C23H34N6/c1-5-22-28-26-16-29(22)13-12-24-23(25-15-17(2)3)27-18(4)20-11-10-19-8-6-7-9-21(19)14-20/h10-11,14,16,18H,2,5-9,12-13,15H2,1,3-4H3,(H2,24,25,27). The van der Waals surface area contributed by atoms with Gasteiger partial charge in [-0.15, -0.1) is 10.2 Å². The fourth-order valence-electron chi connectivity index (χ4n) is 3.71. The van der Waals surface area contributed by atoms with Crippen LogP contribution >= 0.6 is 0 Å². The first-order chi connectivity index (χ1) is 14.1. The van der Waals surface area contributed by atoms with Crippen LogP contribution < -0.4 is 10.6 Å². The van der Waals surface area contributed by atoms with Gasteiger partial charge in [-0.25, -0.2) is 4.99 Å². The number of aromatic nitrogens is 3. The smallest absolute Gasteiger partial charge is 0.192 e. The van der Waals surface area contributed by atoms with E-state index in [0.29, 0.717) is 6.54 Å². The van der Waals surface area contributed by atoms with Crippen molar-refractivity contribution in [2.24, 2.45) is 4.99 Å². The number of nitrogens with one attached hydrogen (secondary N) is 2. The van der Waals surface area contributed by atoms with E-state index < -0.39 is 0 Å². The SMILES string of the molecule is C=C(C)CN=C(NCCn1cnnc1CC)NC(C)c1ccc2c(c1)CCCC2. The van der Waals surface area contributed by atoms with E-state index in [9.17, 15) is 0 Å². The number of hydrogen-bond acceptors (Lipinski definition) is 3. The summed E-state index contributed by atoms with van der Waals surface area (Å²) in [5.74, 6) is 1.81. The monoisotopic (exact) mass is 394 g/mol. The van der Waals surface area contributed by atoms with E-state index in [-0.39, 0.29) is 6.04 Å². The minimum Gasteiger partial charge on any atom is -0.355 e. The van der Waals surface area contributed by atoms with Crippen LogP contribution in [0.5, 0.6) is 0 Å². The molecule has 0 radical (unpaired) electrons. The molecule has 29 heavy (non-hydrogen) atoms. The summed E-state index contributed by atoms with van der Waals surface area (Å²) >= 11 is 0. The number of benzene rings is 1. The Morgan fingerprint density at radius 3 is 2.83 bits per heavy atom. The summed E-state index contributed by atoms with van der Waals surface area (Å²) in [5, 5.41) is 15.2. The number of hydrogen-bond donors (Lipinski definition) is 2. The van der Waals surface area contributed by atoms with Crippen molar-refractivity contribution < 1.29 is 0 Å². The average Bonchev–Trinajstić information content (AvgIpc) is 3.18. The van der Waals surface area contributed by atoms with Gasteiger partial charge in [-0.3, -0.25) is 0 Å². The Bertz CT molecular complexity index is 851. The maximum absolute atomic E-state index is 4.69. The molecule has 0 aliphatic heterocycles. The number of aryl methyl sites for hydroxylation is 3. The van der Waals surface area contributed by atoms with Crippen LogP contribution in [0.15, 0.2) is 41.7 Å². The molecule has 1 unspecified atom stereocenters. The van der Waals surface area contributed by atoms with E-state index in [1.54, 1.807) is 6.33 Å². The zero-order valence-electron chi connectivity index (χ0n) is 18.0. The summed E-state index contributed by atoms with van der Waals surface area (Å²) in [6.45, 7) is 12.4. The predicted octanol–water partition coefficient (Wildman–Crippen LogP) is 3.59. The highest BCUT2D eigenvalue weighted by molar-refractivity contribution is 5.80. The van der Waals surface area contributed by atoms with Crippen molar-refractivity contribution in [1.82, 2.24) is 25.4 Å². The maximum Gasteiger partial charge on any atom is 0.192 e. The zero-order valence-corrected chi connectivity index (χ0v) is 18.0. The minimum atomic E-state index is 0.180. The van der Waals surface area contributed by atoms with Crippen molar-refractivity contribution in [3.05, 3.63) is 59.2 Å². The highest BCUT2D eigenvalue weighted by atomic mass is 15.3. The van der Waals surface area contributed by atoms with E-state index in [1.807, 2.05) is 6.92 Å². The number of rotatable bonds is 8. The topological polar surface area (TPSA) is 67.1 Å². The highest BCUT2D eigenvalue weighted by Gasteiger charge is 2.13. The first-order valence-electron chi connectivity index (χ1n) is 10.7. The highest BCUT2D eigenvalue weighted by Crippen LogP contribution is 2.24. The summed E-state index contributed by atoms with van der Waals surface area (Å²) in [5.41, 5.74) is 5.37. The van der Waals surface area contributed by atoms with Crippen LogP contribution in [0.4, 0.5) is 0 Å². The first kappa shape index (κ1) is 21.1. The van der Waals surface area contributed by atoms with Crippen molar-refractivity contribution in [2.45, 2.75) is 65.5 Å². The molecule has 2 N–H and O–H groups in total. The third kappa shape index (κ3) is 5.92. The lowest BCUT2D eigenvalue weighted by molar-refractivity contribution is 0.618. The molecular weight excluding hydrogens is 360 g/mol. The molecule has 0 saturated heterocycles. The maximum atomic E-state index is 4.69. The zero-order chi connectivity index (χ0) is 20.6.